The van der Waals surface area contributed by atoms with Gasteiger partial charge in [0.2, 0.25) is 5.91 Å². The Morgan fingerprint density at radius 3 is 2.85 bits per heavy atom. The zero-order valence-electron chi connectivity index (χ0n) is 17.9. The second-order valence-electron chi connectivity index (χ2n) is 7.34. The highest BCUT2D eigenvalue weighted by Gasteiger charge is 2.33. The number of para-hydroxylation sites is 1. The number of aromatic amines is 1. The molecule has 0 saturated carbocycles. The summed E-state index contributed by atoms with van der Waals surface area (Å²) in [5.41, 5.74) is 1.75. The van der Waals surface area contributed by atoms with Gasteiger partial charge in [0, 0.05) is 28.7 Å². The first kappa shape index (κ1) is 22.9. The average molecular weight is 484 g/mol. The Hall–Kier alpha value is -3.23. The summed E-state index contributed by atoms with van der Waals surface area (Å²) >= 11 is 7.40. The van der Waals surface area contributed by atoms with Crippen LogP contribution in [-0.2, 0) is 10.5 Å². The highest BCUT2D eigenvalue weighted by atomic mass is 35.5. The highest BCUT2D eigenvalue weighted by molar-refractivity contribution is 7.98. The number of thioether (sulfide) groups is 1. The molecule has 170 valence electrons. The maximum atomic E-state index is 13.2. The van der Waals surface area contributed by atoms with Gasteiger partial charge in [-0.2, -0.15) is 0 Å². The maximum absolute atomic E-state index is 13.2. The molecule has 0 radical (unpaired) electrons. The van der Waals surface area contributed by atoms with E-state index in [9.17, 15) is 9.59 Å². The van der Waals surface area contributed by atoms with Crippen LogP contribution in [0.25, 0.3) is 0 Å². The van der Waals surface area contributed by atoms with Gasteiger partial charge in [-0.15, -0.1) is 0 Å². The van der Waals surface area contributed by atoms with E-state index in [2.05, 4.69) is 21.9 Å². The number of H-pyrrole nitrogens is 1. The predicted molar refractivity (Wildman–Crippen MR) is 130 cm³/mol. The van der Waals surface area contributed by atoms with Crippen LogP contribution in [0.5, 0.6) is 11.5 Å². The molecular formula is C24H22ClN3O4S. The molecule has 0 bridgehead atoms. The number of halogens is 1. The quantitative estimate of drug-likeness (QED) is 0.272. The van der Waals surface area contributed by atoms with Gasteiger partial charge >= 0.3 is 0 Å². The Bertz CT molecular complexity index is 1260. The number of amides is 1. The topological polar surface area (TPSA) is 93.3 Å². The monoisotopic (exact) mass is 483 g/mol. The minimum Gasteiger partial charge on any atom is -0.493 e. The summed E-state index contributed by atoms with van der Waals surface area (Å²) in [6.45, 7) is 3.94. The van der Waals surface area contributed by atoms with E-state index in [0.29, 0.717) is 38.6 Å². The first-order chi connectivity index (χ1) is 16.0. The second-order valence-corrected chi connectivity index (χ2v) is 8.74. The molecule has 2 heterocycles. The van der Waals surface area contributed by atoms with Crippen molar-refractivity contribution in [1.82, 2.24) is 9.97 Å². The normalized spacial score (nSPS) is 14.8. The molecule has 1 aliphatic heterocycles. The Morgan fingerprint density at radius 1 is 1.27 bits per heavy atom. The van der Waals surface area contributed by atoms with Gasteiger partial charge in [0.15, 0.2) is 16.7 Å². The molecule has 7 nitrogen and oxygen atoms in total. The highest BCUT2D eigenvalue weighted by Crippen LogP contribution is 2.42. The zero-order valence-corrected chi connectivity index (χ0v) is 19.5. The van der Waals surface area contributed by atoms with Crippen molar-refractivity contribution in [3.05, 3.63) is 87.2 Å². The summed E-state index contributed by atoms with van der Waals surface area (Å²) in [7, 11) is 1.54. The van der Waals surface area contributed by atoms with Crippen molar-refractivity contribution >= 4 is 35.1 Å². The van der Waals surface area contributed by atoms with E-state index >= 15 is 0 Å². The smallest absolute Gasteiger partial charge is 0.257 e. The second kappa shape index (κ2) is 10.1. The van der Waals surface area contributed by atoms with Gasteiger partial charge < -0.3 is 19.8 Å². The van der Waals surface area contributed by atoms with Crippen LogP contribution in [-0.4, -0.2) is 29.6 Å². The van der Waals surface area contributed by atoms with Crippen LogP contribution in [0.4, 0.5) is 5.82 Å². The molecule has 0 spiro atoms. The van der Waals surface area contributed by atoms with Gasteiger partial charge in [0.25, 0.3) is 5.56 Å². The van der Waals surface area contributed by atoms with Crippen LogP contribution in [0.2, 0.25) is 5.02 Å². The van der Waals surface area contributed by atoms with Crippen LogP contribution in [0.1, 0.15) is 29.0 Å². The van der Waals surface area contributed by atoms with Crippen molar-refractivity contribution in [3.63, 3.8) is 0 Å². The number of anilines is 1. The van der Waals surface area contributed by atoms with Crippen LogP contribution >= 0.6 is 23.4 Å². The first-order valence-electron chi connectivity index (χ1n) is 10.2. The van der Waals surface area contributed by atoms with Crippen LogP contribution in [0.15, 0.2) is 65.1 Å². The van der Waals surface area contributed by atoms with Crippen molar-refractivity contribution in [2.45, 2.75) is 23.2 Å². The maximum Gasteiger partial charge on any atom is 0.257 e. The number of carbonyl (C=O) groups is 1. The molecule has 0 saturated heterocycles. The average Bonchev–Trinajstić information content (AvgIpc) is 2.80. The molecule has 0 aliphatic carbocycles. The molecule has 1 aliphatic rings. The summed E-state index contributed by atoms with van der Waals surface area (Å²) < 4.78 is 11.3. The van der Waals surface area contributed by atoms with Crippen LogP contribution in [0, 0.1) is 0 Å². The number of nitrogens with one attached hydrogen (secondary N) is 2. The number of hydrogen-bond acceptors (Lipinski definition) is 6. The fraction of sp³-hybridized carbons (Fsp3) is 0.208. The third-order valence-electron chi connectivity index (χ3n) is 5.14. The Labute approximate surface area is 200 Å². The van der Waals surface area contributed by atoms with E-state index < -0.39 is 5.92 Å². The minimum atomic E-state index is -0.535. The van der Waals surface area contributed by atoms with Crippen LogP contribution < -0.4 is 20.3 Å². The zero-order chi connectivity index (χ0) is 23.4. The number of aromatic nitrogens is 2. The molecule has 1 amide bonds. The number of ether oxygens (including phenoxy) is 2. The van der Waals surface area contributed by atoms with E-state index in [4.69, 9.17) is 21.1 Å². The molecule has 3 aromatic rings. The van der Waals surface area contributed by atoms with Gasteiger partial charge in [-0.3, -0.25) is 9.59 Å². The third kappa shape index (κ3) is 5.07. The molecule has 1 atom stereocenters. The summed E-state index contributed by atoms with van der Waals surface area (Å²) in [6, 6.07) is 12.9. The van der Waals surface area contributed by atoms with Crippen LogP contribution in [0.3, 0.4) is 0 Å². The molecule has 2 aromatic carbocycles. The van der Waals surface area contributed by atoms with E-state index in [1.54, 1.807) is 31.4 Å². The lowest BCUT2D eigenvalue weighted by molar-refractivity contribution is -0.116. The van der Waals surface area contributed by atoms with Crippen molar-refractivity contribution in [3.8, 4) is 11.5 Å². The summed E-state index contributed by atoms with van der Waals surface area (Å²) in [4.78, 5) is 33.1. The molecule has 4 rings (SSSR count). The largest absolute Gasteiger partial charge is 0.493 e. The molecule has 0 fully saturated rings. The fourth-order valence-electron chi connectivity index (χ4n) is 3.73. The van der Waals surface area contributed by atoms with Crippen molar-refractivity contribution in [1.29, 1.82) is 0 Å². The Balaban J connectivity index is 1.70. The molecule has 0 unspecified atom stereocenters. The molecular weight excluding hydrogens is 462 g/mol. The Morgan fingerprint density at radius 2 is 2.09 bits per heavy atom. The lowest BCUT2D eigenvalue weighted by Gasteiger charge is -2.26. The van der Waals surface area contributed by atoms with E-state index in [1.807, 2.05) is 24.3 Å². The third-order valence-corrected chi connectivity index (χ3v) is 6.32. The standard InChI is InChI=1S/C24H22ClN3O4S/c1-3-10-32-21-16(8-5-9-18(21)31-2)17-12-19(29)26-22-20(17)23(30)28-24(27-22)33-13-14-6-4-7-15(25)11-14/h3-9,11,17H,1,10,12-13H2,2H3,(H2,26,27,28,29,30)/t17-/m1/s1. The number of fused-ring (bicyclic) bond motifs is 1. The van der Waals surface area contributed by atoms with Gasteiger partial charge in [-0.1, -0.05) is 60.3 Å². The minimum absolute atomic E-state index is 0.0877. The Kier molecular flexibility index (Phi) is 7.05. The molecule has 9 heteroatoms. The number of rotatable bonds is 8. The van der Waals surface area contributed by atoms with Gasteiger partial charge in [0.05, 0.1) is 12.7 Å². The number of carbonyl (C=O) groups excluding carboxylic acids is 1. The molecule has 33 heavy (non-hydrogen) atoms. The van der Waals surface area contributed by atoms with E-state index in [-0.39, 0.29) is 30.3 Å². The van der Waals surface area contributed by atoms with Crippen molar-refractivity contribution in [2.24, 2.45) is 0 Å². The number of methoxy groups -OCH3 is 1. The SMILES string of the molecule is C=CCOc1c(OC)cccc1[C@H]1CC(=O)Nc2nc(SCc3cccc(Cl)c3)[nH]c(=O)c21. The van der Waals surface area contributed by atoms with Gasteiger partial charge in [0.1, 0.15) is 12.4 Å². The van der Waals surface area contributed by atoms with Crippen molar-refractivity contribution < 1.29 is 14.3 Å². The van der Waals surface area contributed by atoms with Gasteiger partial charge in [-0.05, 0) is 23.8 Å². The number of nitrogens with zero attached hydrogens (tertiary/aromatic N) is 1. The number of benzene rings is 2. The lowest BCUT2D eigenvalue weighted by atomic mass is 9.86. The summed E-state index contributed by atoms with van der Waals surface area (Å²) in [5, 5.41) is 3.80. The summed E-state index contributed by atoms with van der Waals surface area (Å²) in [6.07, 6.45) is 1.71. The summed E-state index contributed by atoms with van der Waals surface area (Å²) in [5.74, 6) is 1.05. The predicted octanol–water partition coefficient (Wildman–Crippen LogP) is 4.76. The fourth-order valence-corrected chi connectivity index (χ4v) is 4.74. The molecule has 1 aromatic heterocycles. The van der Waals surface area contributed by atoms with E-state index in [1.165, 1.54) is 11.8 Å². The van der Waals surface area contributed by atoms with E-state index in [0.717, 1.165) is 5.56 Å². The molecule has 2 N–H and O–H groups in total. The van der Waals surface area contributed by atoms with Gasteiger partial charge in [-0.25, -0.2) is 4.98 Å². The van der Waals surface area contributed by atoms with Crippen molar-refractivity contribution in [2.75, 3.05) is 19.0 Å². The lowest BCUT2D eigenvalue weighted by Crippen LogP contribution is -2.31. The first-order valence-corrected chi connectivity index (χ1v) is 11.6. The number of hydrogen-bond donors (Lipinski definition) is 2.